The molecule has 1 unspecified atom stereocenters. The lowest BCUT2D eigenvalue weighted by Crippen LogP contribution is -2.28. The molecule has 2 rings (SSSR count). The Bertz CT molecular complexity index is 385. The minimum atomic E-state index is -0.107. The number of likely N-dealkylation sites (tertiary alicyclic amines) is 1. The molecule has 1 saturated heterocycles. The first kappa shape index (κ1) is 11.8. The predicted molar refractivity (Wildman–Crippen MR) is 60.6 cm³/mol. The highest BCUT2D eigenvalue weighted by Crippen LogP contribution is 2.23. The van der Waals surface area contributed by atoms with Crippen LogP contribution in [0.5, 0.6) is 0 Å². The number of aliphatic hydroxyl groups excluding tert-OH is 1. The number of hydrogen-bond acceptors (Lipinski definition) is 5. The molecule has 88 valence electrons. The van der Waals surface area contributed by atoms with Crippen LogP contribution in [0.4, 0.5) is 0 Å². The van der Waals surface area contributed by atoms with Gasteiger partial charge in [-0.3, -0.25) is 4.79 Å². The Labute approximate surface area is 102 Å². The van der Waals surface area contributed by atoms with Crippen LogP contribution in [0.25, 0.3) is 0 Å². The summed E-state index contributed by atoms with van der Waals surface area (Å²) in [6, 6.07) is 0. The van der Waals surface area contributed by atoms with E-state index in [2.05, 4.69) is 10.2 Å². The van der Waals surface area contributed by atoms with Gasteiger partial charge >= 0.3 is 0 Å². The number of amides is 1. The second-order valence-corrected chi connectivity index (χ2v) is 5.34. The van der Waals surface area contributed by atoms with E-state index in [-0.39, 0.29) is 17.0 Å². The fraction of sp³-hybridized carbons (Fsp3) is 0.667. The smallest absolute Gasteiger partial charge is 0.284 e. The number of carbonyl (C=O) groups is 1. The molecule has 1 amide bonds. The third-order valence-corrected chi connectivity index (χ3v) is 3.70. The van der Waals surface area contributed by atoms with Crippen molar-refractivity contribution < 1.29 is 9.90 Å². The Balaban J connectivity index is 1.97. The van der Waals surface area contributed by atoms with Crippen LogP contribution in [0.1, 0.15) is 22.6 Å². The molecule has 1 aromatic heterocycles. The zero-order valence-electron chi connectivity index (χ0n) is 8.60. The van der Waals surface area contributed by atoms with Gasteiger partial charge in [0.25, 0.3) is 5.91 Å². The highest BCUT2D eigenvalue weighted by Gasteiger charge is 2.28. The van der Waals surface area contributed by atoms with Crippen LogP contribution in [-0.2, 0) is 0 Å². The first-order valence-electron chi connectivity index (χ1n) is 5.10. The SMILES string of the molecule is O=C(c1nnc(Cl)s1)N1CCC(CCO)C1. The zero-order chi connectivity index (χ0) is 11.5. The van der Waals surface area contributed by atoms with Gasteiger partial charge in [0.15, 0.2) is 0 Å². The van der Waals surface area contributed by atoms with Gasteiger partial charge in [0.05, 0.1) is 0 Å². The van der Waals surface area contributed by atoms with Gasteiger partial charge < -0.3 is 10.0 Å². The zero-order valence-corrected chi connectivity index (χ0v) is 10.2. The Morgan fingerprint density at radius 1 is 1.62 bits per heavy atom. The van der Waals surface area contributed by atoms with E-state index in [1.54, 1.807) is 4.90 Å². The van der Waals surface area contributed by atoms with E-state index in [0.717, 1.165) is 30.7 Å². The molecule has 1 aliphatic rings. The second-order valence-electron chi connectivity index (χ2n) is 3.78. The number of halogens is 1. The van der Waals surface area contributed by atoms with E-state index in [0.29, 0.717) is 17.5 Å². The monoisotopic (exact) mass is 261 g/mol. The quantitative estimate of drug-likeness (QED) is 0.883. The average molecular weight is 262 g/mol. The van der Waals surface area contributed by atoms with Crippen molar-refractivity contribution >= 4 is 28.8 Å². The maximum absolute atomic E-state index is 11.9. The van der Waals surface area contributed by atoms with Crippen molar-refractivity contribution in [3.8, 4) is 0 Å². The summed E-state index contributed by atoms with van der Waals surface area (Å²) in [5.41, 5.74) is 0. The Morgan fingerprint density at radius 2 is 2.44 bits per heavy atom. The van der Waals surface area contributed by atoms with E-state index >= 15 is 0 Å². The lowest BCUT2D eigenvalue weighted by atomic mass is 10.1. The molecule has 0 radical (unpaired) electrons. The Hall–Kier alpha value is -0.720. The molecule has 0 saturated carbocycles. The van der Waals surface area contributed by atoms with E-state index in [4.69, 9.17) is 16.7 Å². The molecule has 1 atom stereocenters. The topological polar surface area (TPSA) is 66.3 Å². The van der Waals surface area contributed by atoms with Crippen molar-refractivity contribution in [3.63, 3.8) is 0 Å². The highest BCUT2D eigenvalue weighted by atomic mass is 35.5. The van der Waals surface area contributed by atoms with E-state index < -0.39 is 0 Å². The van der Waals surface area contributed by atoms with Crippen molar-refractivity contribution in [2.45, 2.75) is 12.8 Å². The standard InChI is InChI=1S/C9H12ClN3O2S/c10-9-12-11-7(16-9)8(15)13-3-1-6(5-13)2-4-14/h6,14H,1-5H2. The van der Waals surface area contributed by atoms with Crippen LogP contribution in [0, 0.1) is 5.92 Å². The predicted octanol–water partition coefficient (Wildman–Crippen LogP) is 1.04. The van der Waals surface area contributed by atoms with Crippen molar-refractivity contribution in [2.75, 3.05) is 19.7 Å². The molecule has 1 aliphatic heterocycles. The van der Waals surface area contributed by atoms with Crippen molar-refractivity contribution in [1.82, 2.24) is 15.1 Å². The van der Waals surface area contributed by atoms with Gasteiger partial charge in [-0.1, -0.05) is 11.3 Å². The van der Waals surface area contributed by atoms with Gasteiger partial charge in [0.2, 0.25) is 9.47 Å². The number of aromatic nitrogens is 2. The summed E-state index contributed by atoms with van der Waals surface area (Å²) in [6.45, 7) is 1.59. The van der Waals surface area contributed by atoms with Crippen molar-refractivity contribution in [3.05, 3.63) is 9.47 Å². The maximum Gasteiger partial charge on any atom is 0.284 e. The van der Waals surface area contributed by atoms with Gasteiger partial charge in [0.1, 0.15) is 0 Å². The molecule has 1 aromatic rings. The fourth-order valence-corrected chi connectivity index (χ4v) is 2.66. The van der Waals surface area contributed by atoms with Crippen LogP contribution in [-0.4, -0.2) is 45.8 Å². The molecule has 0 bridgehead atoms. The molecule has 0 spiro atoms. The van der Waals surface area contributed by atoms with Crippen LogP contribution in [0.2, 0.25) is 4.47 Å². The third kappa shape index (κ3) is 2.50. The normalized spacial score (nSPS) is 20.4. The minimum absolute atomic E-state index is 0.107. The molecule has 7 heteroatoms. The van der Waals surface area contributed by atoms with Crippen LogP contribution >= 0.6 is 22.9 Å². The average Bonchev–Trinajstić information content (AvgIpc) is 2.87. The van der Waals surface area contributed by atoms with Gasteiger partial charge in [-0.05, 0) is 30.4 Å². The molecule has 0 aromatic carbocycles. The van der Waals surface area contributed by atoms with Gasteiger partial charge in [-0.25, -0.2) is 0 Å². The summed E-state index contributed by atoms with van der Waals surface area (Å²) in [5.74, 6) is 0.294. The summed E-state index contributed by atoms with van der Waals surface area (Å²) in [7, 11) is 0. The molecule has 1 N–H and O–H groups in total. The maximum atomic E-state index is 11.9. The number of rotatable bonds is 3. The number of hydrogen-bond donors (Lipinski definition) is 1. The Kier molecular flexibility index (Phi) is 3.73. The van der Waals surface area contributed by atoms with Gasteiger partial charge in [-0.15, -0.1) is 10.2 Å². The third-order valence-electron chi connectivity index (χ3n) is 2.69. The lowest BCUT2D eigenvalue weighted by molar-refractivity contribution is 0.0783. The fourth-order valence-electron chi connectivity index (χ4n) is 1.86. The van der Waals surface area contributed by atoms with Gasteiger partial charge in [0, 0.05) is 19.7 Å². The summed E-state index contributed by atoms with van der Waals surface area (Å²) >= 11 is 6.73. The summed E-state index contributed by atoms with van der Waals surface area (Å²) in [6.07, 6.45) is 1.69. The molecule has 5 nitrogen and oxygen atoms in total. The molecule has 1 fully saturated rings. The number of aliphatic hydroxyl groups is 1. The largest absolute Gasteiger partial charge is 0.396 e. The second kappa shape index (κ2) is 5.07. The minimum Gasteiger partial charge on any atom is -0.396 e. The van der Waals surface area contributed by atoms with Crippen molar-refractivity contribution in [2.24, 2.45) is 5.92 Å². The van der Waals surface area contributed by atoms with Crippen molar-refractivity contribution in [1.29, 1.82) is 0 Å². The first-order valence-corrected chi connectivity index (χ1v) is 6.29. The highest BCUT2D eigenvalue weighted by molar-refractivity contribution is 7.17. The molecule has 2 heterocycles. The number of carbonyl (C=O) groups excluding carboxylic acids is 1. The molecular weight excluding hydrogens is 250 g/mol. The number of nitrogens with zero attached hydrogens (tertiary/aromatic N) is 3. The van der Waals surface area contributed by atoms with Crippen LogP contribution in [0.3, 0.4) is 0 Å². The van der Waals surface area contributed by atoms with E-state index in [1.165, 1.54) is 0 Å². The van der Waals surface area contributed by atoms with E-state index in [1.807, 2.05) is 0 Å². The summed E-state index contributed by atoms with van der Waals surface area (Å²) < 4.78 is 0.287. The van der Waals surface area contributed by atoms with Gasteiger partial charge in [-0.2, -0.15) is 0 Å². The van der Waals surface area contributed by atoms with E-state index in [9.17, 15) is 4.79 Å². The molecular formula is C9H12ClN3O2S. The molecule has 0 aliphatic carbocycles. The molecule has 16 heavy (non-hydrogen) atoms. The Morgan fingerprint density at radius 3 is 3.06 bits per heavy atom. The van der Waals surface area contributed by atoms with Crippen LogP contribution < -0.4 is 0 Å². The summed E-state index contributed by atoms with van der Waals surface area (Å²) in [5, 5.41) is 16.5. The summed E-state index contributed by atoms with van der Waals surface area (Å²) in [4.78, 5) is 13.7. The first-order chi connectivity index (χ1) is 7.70. The van der Waals surface area contributed by atoms with Crippen LogP contribution in [0.15, 0.2) is 0 Å². The lowest BCUT2D eigenvalue weighted by Gasteiger charge is -2.13.